The van der Waals surface area contributed by atoms with Gasteiger partial charge in [0.05, 0.1) is 5.69 Å². The lowest BCUT2D eigenvalue weighted by Crippen LogP contribution is -1.90. The summed E-state index contributed by atoms with van der Waals surface area (Å²) >= 11 is 0. The van der Waals surface area contributed by atoms with Gasteiger partial charge in [-0.1, -0.05) is 0 Å². The van der Waals surface area contributed by atoms with Gasteiger partial charge in [0.1, 0.15) is 0 Å². The van der Waals surface area contributed by atoms with Gasteiger partial charge in [0.2, 0.25) is 5.78 Å². The number of hydrogen-bond acceptors (Lipinski definition) is 3. The zero-order valence-corrected chi connectivity index (χ0v) is 7.91. The van der Waals surface area contributed by atoms with E-state index in [1.807, 2.05) is 35.0 Å². The van der Waals surface area contributed by atoms with Crippen LogP contribution in [-0.4, -0.2) is 19.4 Å². The Morgan fingerprint density at radius 1 is 0.933 bits per heavy atom. The highest BCUT2D eigenvalue weighted by Crippen LogP contribution is 2.15. The molecule has 0 spiro atoms. The summed E-state index contributed by atoms with van der Waals surface area (Å²) in [6, 6.07) is 5.83. The predicted octanol–water partition coefficient (Wildman–Crippen LogP) is 1.79. The van der Waals surface area contributed by atoms with Gasteiger partial charge < -0.3 is 0 Å². The van der Waals surface area contributed by atoms with Crippen LogP contribution in [0.5, 0.6) is 0 Å². The van der Waals surface area contributed by atoms with Gasteiger partial charge in [-0.05, 0) is 18.2 Å². The minimum atomic E-state index is 0.712. The molecule has 0 aliphatic carbocycles. The summed E-state index contributed by atoms with van der Waals surface area (Å²) in [6.07, 6.45) is 9.07. The molecular formula is C11H8N4. The monoisotopic (exact) mass is 196 g/mol. The van der Waals surface area contributed by atoms with Crippen molar-refractivity contribution in [2.24, 2.45) is 0 Å². The second-order valence-electron chi connectivity index (χ2n) is 3.18. The molecule has 3 aromatic heterocycles. The average Bonchev–Trinajstić information content (AvgIpc) is 2.77. The number of nitrogens with zero attached hydrogens (tertiary/aromatic N) is 4. The summed E-state index contributed by atoms with van der Waals surface area (Å²) in [5.74, 6) is 0.712. The third kappa shape index (κ3) is 1.36. The van der Waals surface area contributed by atoms with Crippen molar-refractivity contribution in [1.29, 1.82) is 0 Å². The molecule has 3 rings (SSSR count). The standard InChI is InChI=1S/C11H8N4/c1-4-12-5-2-9(1)10-3-7-15-8-6-13-11(15)14-10/h1-8H. The first-order valence-electron chi connectivity index (χ1n) is 4.63. The highest BCUT2D eigenvalue weighted by Gasteiger charge is 2.00. The Balaban J connectivity index is 2.19. The van der Waals surface area contributed by atoms with Gasteiger partial charge in [-0.25, -0.2) is 9.97 Å². The summed E-state index contributed by atoms with van der Waals surface area (Å²) in [6.45, 7) is 0. The van der Waals surface area contributed by atoms with Crippen LogP contribution in [0.3, 0.4) is 0 Å². The normalized spacial score (nSPS) is 10.7. The van der Waals surface area contributed by atoms with Gasteiger partial charge in [-0.2, -0.15) is 0 Å². The Hall–Kier alpha value is -2.23. The molecule has 3 aromatic rings. The van der Waals surface area contributed by atoms with Crippen molar-refractivity contribution in [2.75, 3.05) is 0 Å². The molecule has 0 saturated heterocycles. The SMILES string of the molecule is c1cc(-c2ccn3ccnc3n2)ccn1. The molecule has 15 heavy (non-hydrogen) atoms. The smallest absolute Gasteiger partial charge is 0.234 e. The van der Waals surface area contributed by atoms with Crippen LogP contribution in [0.25, 0.3) is 17.0 Å². The van der Waals surface area contributed by atoms with E-state index >= 15 is 0 Å². The Labute approximate surface area is 86.3 Å². The van der Waals surface area contributed by atoms with Crippen molar-refractivity contribution in [3.63, 3.8) is 0 Å². The Morgan fingerprint density at radius 2 is 1.80 bits per heavy atom. The van der Waals surface area contributed by atoms with Crippen molar-refractivity contribution in [3.05, 3.63) is 49.2 Å². The number of hydrogen-bond donors (Lipinski definition) is 0. The Morgan fingerprint density at radius 3 is 2.67 bits per heavy atom. The summed E-state index contributed by atoms with van der Waals surface area (Å²) < 4.78 is 1.88. The van der Waals surface area contributed by atoms with E-state index in [1.54, 1.807) is 18.6 Å². The largest absolute Gasteiger partial charge is 0.291 e. The zero-order valence-electron chi connectivity index (χ0n) is 7.91. The molecule has 4 nitrogen and oxygen atoms in total. The van der Waals surface area contributed by atoms with Crippen molar-refractivity contribution in [1.82, 2.24) is 19.4 Å². The van der Waals surface area contributed by atoms with Gasteiger partial charge in [0, 0.05) is 36.5 Å². The molecule has 0 aromatic carbocycles. The molecule has 0 unspecified atom stereocenters. The molecule has 0 saturated carbocycles. The van der Waals surface area contributed by atoms with Crippen LogP contribution in [0.2, 0.25) is 0 Å². The number of fused-ring (bicyclic) bond motifs is 1. The van der Waals surface area contributed by atoms with E-state index in [0.717, 1.165) is 11.3 Å². The average molecular weight is 196 g/mol. The third-order valence-corrected chi connectivity index (χ3v) is 2.24. The molecule has 0 fully saturated rings. The molecule has 72 valence electrons. The Bertz CT molecular complexity index is 586. The first-order chi connectivity index (χ1) is 7.43. The molecule has 4 heteroatoms. The third-order valence-electron chi connectivity index (χ3n) is 2.24. The summed E-state index contributed by atoms with van der Waals surface area (Å²) in [5.41, 5.74) is 1.96. The van der Waals surface area contributed by atoms with Crippen molar-refractivity contribution < 1.29 is 0 Å². The van der Waals surface area contributed by atoms with E-state index in [1.165, 1.54) is 0 Å². The second kappa shape index (κ2) is 3.16. The first-order valence-corrected chi connectivity index (χ1v) is 4.63. The molecule has 0 radical (unpaired) electrons. The zero-order chi connectivity index (χ0) is 10.1. The fraction of sp³-hybridized carbons (Fsp3) is 0. The van der Waals surface area contributed by atoms with E-state index < -0.39 is 0 Å². The maximum Gasteiger partial charge on any atom is 0.234 e. The molecule has 3 heterocycles. The van der Waals surface area contributed by atoms with E-state index in [9.17, 15) is 0 Å². The molecule has 0 aliphatic heterocycles. The topological polar surface area (TPSA) is 43.1 Å². The first kappa shape index (κ1) is 8.11. The lowest BCUT2D eigenvalue weighted by molar-refractivity contribution is 1.11. The fourth-order valence-corrected chi connectivity index (χ4v) is 1.49. The van der Waals surface area contributed by atoms with Gasteiger partial charge in [-0.15, -0.1) is 0 Å². The molecule has 0 N–H and O–H groups in total. The van der Waals surface area contributed by atoms with Gasteiger partial charge in [0.15, 0.2) is 0 Å². The molecule has 0 amide bonds. The number of rotatable bonds is 1. The lowest BCUT2D eigenvalue weighted by atomic mass is 10.2. The van der Waals surface area contributed by atoms with Gasteiger partial charge >= 0.3 is 0 Å². The van der Waals surface area contributed by atoms with Crippen LogP contribution in [0, 0.1) is 0 Å². The minimum Gasteiger partial charge on any atom is -0.291 e. The van der Waals surface area contributed by atoms with E-state index in [4.69, 9.17) is 0 Å². The van der Waals surface area contributed by atoms with E-state index in [0.29, 0.717) is 5.78 Å². The summed E-state index contributed by atoms with van der Waals surface area (Å²) in [5, 5.41) is 0. The maximum absolute atomic E-state index is 4.43. The van der Waals surface area contributed by atoms with Crippen LogP contribution >= 0.6 is 0 Å². The van der Waals surface area contributed by atoms with Crippen LogP contribution < -0.4 is 0 Å². The van der Waals surface area contributed by atoms with Crippen LogP contribution in [0.4, 0.5) is 0 Å². The fourth-order valence-electron chi connectivity index (χ4n) is 1.49. The molecule has 0 bridgehead atoms. The van der Waals surface area contributed by atoms with Crippen molar-refractivity contribution in [3.8, 4) is 11.3 Å². The number of aromatic nitrogens is 4. The Kier molecular flexibility index (Phi) is 1.71. The minimum absolute atomic E-state index is 0.712. The molecule has 0 atom stereocenters. The molecule has 0 aliphatic rings. The molecular weight excluding hydrogens is 188 g/mol. The summed E-state index contributed by atoms with van der Waals surface area (Å²) in [7, 11) is 0. The van der Waals surface area contributed by atoms with Crippen LogP contribution in [0.1, 0.15) is 0 Å². The second-order valence-corrected chi connectivity index (χ2v) is 3.18. The predicted molar refractivity (Wildman–Crippen MR) is 56.2 cm³/mol. The summed E-state index contributed by atoms with van der Waals surface area (Å²) in [4.78, 5) is 12.5. The van der Waals surface area contributed by atoms with Crippen molar-refractivity contribution >= 4 is 5.78 Å². The van der Waals surface area contributed by atoms with Crippen LogP contribution in [0.15, 0.2) is 49.2 Å². The number of imidazole rings is 1. The van der Waals surface area contributed by atoms with Gasteiger partial charge in [-0.3, -0.25) is 9.38 Å². The lowest BCUT2D eigenvalue weighted by Gasteiger charge is -1.99. The highest BCUT2D eigenvalue weighted by atomic mass is 15.1. The van der Waals surface area contributed by atoms with Crippen molar-refractivity contribution in [2.45, 2.75) is 0 Å². The maximum atomic E-state index is 4.43. The van der Waals surface area contributed by atoms with Gasteiger partial charge in [0.25, 0.3) is 0 Å². The quantitative estimate of drug-likeness (QED) is 0.596. The van der Waals surface area contributed by atoms with E-state index in [2.05, 4.69) is 15.0 Å². The number of pyridine rings is 1. The van der Waals surface area contributed by atoms with Crippen LogP contribution in [-0.2, 0) is 0 Å². The van der Waals surface area contributed by atoms with E-state index in [-0.39, 0.29) is 0 Å². The highest BCUT2D eigenvalue weighted by molar-refractivity contribution is 5.59.